The van der Waals surface area contributed by atoms with Gasteiger partial charge in [-0.15, -0.1) is 11.8 Å². The van der Waals surface area contributed by atoms with E-state index in [4.69, 9.17) is 30.3 Å². The number of hydrogen-bond acceptors (Lipinski definition) is 8. The van der Waals surface area contributed by atoms with Crippen molar-refractivity contribution in [2.45, 2.75) is 20.0 Å². The van der Waals surface area contributed by atoms with Crippen molar-refractivity contribution in [2.75, 3.05) is 30.0 Å². The number of amides is 1. The quantitative estimate of drug-likeness (QED) is 0.673. The lowest BCUT2D eigenvalue weighted by molar-refractivity contribution is -0.141. The molecule has 0 unspecified atom stereocenters. The molecular weight excluding hydrogens is 408 g/mol. The number of nitrogens with one attached hydrogen (secondary N) is 1. The van der Waals surface area contributed by atoms with Crippen LogP contribution < -0.4 is 14.8 Å². The zero-order valence-electron chi connectivity index (χ0n) is 15.2. The first-order chi connectivity index (χ1) is 13.5. The zero-order valence-corrected chi connectivity index (χ0v) is 16.7. The van der Waals surface area contributed by atoms with Crippen LogP contribution in [0.3, 0.4) is 0 Å². The molecule has 1 N–H and O–H groups in total. The van der Waals surface area contributed by atoms with Gasteiger partial charge in [0.15, 0.2) is 17.3 Å². The molecule has 8 nitrogen and oxygen atoms in total. The Hall–Kier alpha value is -2.39. The van der Waals surface area contributed by atoms with Gasteiger partial charge in [0.25, 0.3) is 0 Å². The Bertz CT molecular complexity index is 857. The third kappa shape index (κ3) is 5.80. The normalized spacial score (nSPS) is 12.9. The van der Waals surface area contributed by atoms with E-state index in [2.05, 4.69) is 10.5 Å². The van der Waals surface area contributed by atoms with Gasteiger partial charge in [0, 0.05) is 12.5 Å². The van der Waals surface area contributed by atoms with E-state index in [-0.39, 0.29) is 24.0 Å². The average molecular weight is 427 g/mol. The summed E-state index contributed by atoms with van der Waals surface area (Å²) in [5.41, 5.74) is 0.701. The second kappa shape index (κ2) is 9.70. The molecule has 0 spiro atoms. The number of rotatable bonds is 7. The molecule has 0 radical (unpaired) electrons. The molecule has 1 aromatic heterocycles. The fourth-order valence-electron chi connectivity index (χ4n) is 2.40. The number of nitrogens with zero attached hydrogens (tertiary/aromatic N) is 1. The van der Waals surface area contributed by atoms with E-state index in [1.807, 2.05) is 0 Å². The Morgan fingerprint density at radius 3 is 2.86 bits per heavy atom. The lowest BCUT2D eigenvalue weighted by Crippen LogP contribution is -2.16. The van der Waals surface area contributed by atoms with Crippen molar-refractivity contribution in [3.8, 4) is 11.5 Å². The highest BCUT2D eigenvalue weighted by Crippen LogP contribution is 2.38. The summed E-state index contributed by atoms with van der Waals surface area (Å²) in [5.74, 6) is 1.43. The Morgan fingerprint density at radius 2 is 2.07 bits per heavy atom. The molecule has 0 fully saturated rings. The van der Waals surface area contributed by atoms with Gasteiger partial charge in [-0.05, 0) is 24.6 Å². The minimum Gasteiger partial charge on any atom is -0.489 e. The fourth-order valence-corrected chi connectivity index (χ4v) is 3.30. The van der Waals surface area contributed by atoms with Crippen LogP contribution in [0.5, 0.6) is 11.5 Å². The fraction of sp³-hybridized carbons (Fsp3) is 0.389. The van der Waals surface area contributed by atoms with Crippen molar-refractivity contribution in [3.63, 3.8) is 0 Å². The number of carbonyl (C=O) groups excluding carboxylic acids is 2. The van der Waals surface area contributed by atoms with Gasteiger partial charge in [-0.3, -0.25) is 9.59 Å². The molecule has 0 saturated carbocycles. The maximum atomic E-state index is 11.9. The minimum absolute atomic E-state index is 0.0452. The molecule has 0 bridgehead atoms. The first kappa shape index (κ1) is 20.3. The topological polar surface area (TPSA) is 99.9 Å². The number of hydrogen-bond donors (Lipinski definition) is 1. The highest BCUT2D eigenvalue weighted by Gasteiger charge is 2.16. The molecule has 1 aromatic carbocycles. The molecule has 10 heteroatoms. The summed E-state index contributed by atoms with van der Waals surface area (Å²) in [6.45, 7) is 2.87. The van der Waals surface area contributed by atoms with Gasteiger partial charge in [-0.1, -0.05) is 16.8 Å². The highest BCUT2D eigenvalue weighted by molar-refractivity contribution is 8.00. The standard InChI is InChI=1S/C18H19ClN2O6S/c1-11-5-15(21-27-11)20-16(22)9-28-10-17(23)26-8-12-6-13(19)18-14(7-12)24-3-2-4-25-18/h5-7H,2-4,8-10H2,1H3,(H,20,21,22). The SMILES string of the molecule is Cc1cc(NC(=O)CSCC(=O)OCc2cc(Cl)c3c(c2)OCCCO3)no1. The van der Waals surface area contributed by atoms with E-state index in [0.29, 0.717) is 46.9 Å². The van der Waals surface area contributed by atoms with Gasteiger partial charge in [-0.25, -0.2) is 0 Å². The number of halogens is 1. The van der Waals surface area contributed by atoms with Gasteiger partial charge < -0.3 is 24.1 Å². The third-order valence-electron chi connectivity index (χ3n) is 3.61. The monoisotopic (exact) mass is 426 g/mol. The largest absolute Gasteiger partial charge is 0.489 e. The van der Waals surface area contributed by atoms with Crippen molar-refractivity contribution >= 4 is 41.1 Å². The van der Waals surface area contributed by atoms with Crippen molar-refractivity contribution in [2.24, 2.45) is 0 Å². The number of carbonyl (C=O) groups is 2. The summed E-state index contributed by atoms with van der Waals surface area (Å²) in [6, 6.07) is 5.04. The molecule has 0 saturated heterocycles. The number of benzene rings is 1. The van der Waals surface area contributed by atoms with Crippen LogP contribution in [0.25, 0.3) is 0 Å². The van der Waals surface area contributed by atoms with Gasteiger partial charge in [0.1, 0.15) is 12.4 Å². The van der Waals surface area contributed by atoms with Gasteiger partial charge in [0.05, 0.1) is 29.7 Å². The van der Waals surface area contributed by atoms with E-state index in [1.165, 1.54) is 0 Å². The molecule has 0 atom stereocenters. The minimum atomic E-state index is -0.432. The van der Waals surface area contributed by atoms with Crippen LogP contribution in [0, 0.1) is 6.92 Å². The predicted octanol–water partition coefficient (Wildman–Crippen LogP) is 3.21. The van der Waals surface area contributed by atoms with Crippen LogP contribution in [0.2, 0.25) is 5.02 Å². The summed E-state index contributed by atoms with van der Waals surface area (Å²) in [4.78, 5) is 23.7. The number of aryl methyl sites for hydroxylation is 1. The molecule has 0 aliphatic carbocycles. The molecule has 3 rings (SSSR count). The summed E-state index contributed by atoms with van der Waals surface area (Å²) in [6.07, 6.45) is 0.774. The maximum absolute atomic E-state index is 11.9. The highest BCUT2D eigenvalue weighted by atomic mass is 35.5. The number of ether oxygens (including phenoxy) is 3. The Balaban J connectivity index is 1.41. The van der Waals surface area contributed by atoms with Crippen LogP contribution in [0.15, 0.2) is 22.7 Å². The third-order valence-corrected chi connectivity index (χ3v) is 4.80. The smallest absolute Gasteiger partial charge is 0.316 e. The number of fused-ring (bicyclic) bond motifs is 1. The number of esters is 1. The lowest BCUT2D eigenvalue weighted by Gasteiger charge is -2.12. The van der Waals surface area contributed by atoms with E-state index in [9.17, 15) is 9.59 Å². The van der Waals surface area contributed by atoms with Gasteiger partial charge in [-0.2, -0.15) is 0 Å². The summed E-state index contributed by atoms with van der Waals surface area (Å²) >= 11 is 7.36. The molecule has 1 amide bonds. The second-order valence-electron chi connectivity index (χ2n) is 5.98. The van der Waals surface area contributed by atoms with Gasteiger partial charge in [0.2, 0.25) is 5.91 Å². The van der Waals surface area contributed by atoms with E-state index in [0.717, 1.165) is 18.2 Å². The lowest BCUT2D eigenvalue weighted by atomic mass is 10.2. The number of thioether (sulfide) groups is 1. The van der Waals surface area contributed by atoms with Gasteiger partial charge >= 0.3 is 5.97 Å². The Morgan fingerprint density at radius 1 is 1.25 bits per heavy atom. The Kier molecular flexibility index (Phi) is 7.05. The van der Waals surface area contributed by atoms with Crippen molar-refractivity contribution in [3.05, 3.63) is 34.5 Å². The van der Waals surface area contributed by atoms with Crippen molar-refractivity contribution in [1.29, 1.82) is 0 Å². The van der Waals surface area contributed by atoms with Crippen LogP contribution in [-0.2, 0) is 20.9 Å². The summed E-state index contributed by atoms with van der Waals surface area (Å²) in [5, 5.41) is 6.66. The molecule has 2 aromatic rings. The molecule has 150 valence electrons. The number of aromatic nitrogens is 1. The Labute approximate surface area is 170 Å². The van der Waals surface area contributed by atoms with E-state index in [1.54, 1.807) is 25.1 Å². The van der Waals surface area contributed by atoms with Crippen molar-refractivity contribution in [1.82, 2.24) is 5.16 Å². The molecule has 1 aliphatic rings. The van der Waals surface area contributed by atoms with Crippen LogP contribution in [-0.4, -0.2) is 41.8 Å². The second-order valence-corrected chi connectivity index (χ2v) is 7.37. The first-order valence-corrected chi connectivity index (χ1v) is 10.1. The summed E-state index contributed by atoms with van der Waals surface area (Å²) in [7, 11) is 0. The maximum Gasteiger partial charge on any atom is 0.316 e. The molecule has 2 heterocycles. The molecule has 1 aliphatic heterocycles. The van der Waals surface area contributed by atoms with Crippen molar-refractivity contribution < 1.29 is 28.3 Å². The first-order valence-electron chi connectivity index (χ1n) is 8.56. The van der Waals surface area contributed by atoms with Crippen LogP contribution >= 0.6 is 23.4 Å². The van der Waals surface area contributed by atoms with E-state index >= 15 is 0 Å². The van der Waals surface area contributed by atoms with E-state index < -0.39 is 5.97 Å². The average Bonchev–Trinajstić information content (AvgIpc) is 2.91. The molecular formula is C18H19ClN2O6S. The number of anilines is 1. The zero-order chi connectivity index (χ0) is 19.9. The summed E-state index contributed by atoms with van der Waals surface area (Å²) < 4.78 is 21.3. The molecule has 28 heavy (non-hydrogen) atoms. The van der Waals surface area contributed by atoms with Crippen LogP contribution in [0.4, 0.5) is 5.82 Å². The predicted molar refractivity (Wildman–Crippen MR) is 104 cm³/mol. The van der Waals surface area contributed by atoms with Crippen LogP contribution in [0.1, 0.15) is 17.7 Å².